The van der Waals surface area contributed by atoms with Crippen LogP contribution in [0.4, 0.5) is 0 Å². The molecule has 9 heteroatoms. The van der Waals surface area contributed by atoms with E-state index in [2.05, 4.69) is 96.9 Å². The molecule has 2 fully saturated rings. The van der Waals surface area contributed by atoms with Crippen LogP contribution in [0.1, 0.15) is 129 Å². The summed E-state index contributed by atoms with van der Waals surface area (Å²) in [6, 6.07) is 0.835. The van der Waals surface area contributed by atoms with Crippen molar-refractivity contribution in [3.63, 3.8) is 0 Å². The molecule has 238 valence electrons. The van der Waals surface area contributed by atoms with Crippen molar-refractivity contribution >= 4 is 35.1 Å². The van der Waals surface area contributed by atoms with E-state index in [1.54, 1.807) is 0 Å². The van der Waals surface area contributed by atoms with Gasteiger partial charge in [-0.2, -0.15) is 12.8 Å². The van der Waals surface area contributed by atoms with Crippen LogP contribution in [0.15, 0.2) is 0 Å². The number of halogens is 2. The number of rotatable bonds is 12. The first-order valence-corrected chi connectivity index (χ1v) is 24.5. The minimum atomic E-state index is -1.69. The third kappa shape index (κ3) is 15.5. The molecule has 0 aromatic rings. The van der Waals surface area contributed by atoms with Gasteiger partial charge in [0.05, 0.1) is 0 Å². The molecule has 0 unspecified atom stereocenters. The number of hydrogen-bond donors (Lipinski definition) is 0. The van der Waals surface area contributed by atoms with Crippen LogP contribution in [-0.2, 0) is 26.5 Å². The monoisotopic (exact) mass is 672 g/mol. The van der Waals surface area contributed by atoms with Crippen molar-refractivity contribution in [2.75, 3.05) is 13.2 Å². The first-order chi connectivity index (χ1) is 18.6. The van der Waals surface area contributed by atoms with Gasteiger partial charge in [0.2, 0.25) is 0 Å². The fraction of sp³-hybridized carbons (Fsp3) is 0.935. The van der Waals surface area contributed by atoms with Crippen LogP contribution in [0, 0.1) is 13.2 Å². The summed E-state index contributed by atoms with van der Waals surface area (Å²) in [5.74, 6) is 0. The summed E-state index contributed by atoms with van der Waals surface area (Å²) in [6.45, 7) is 39.2. The molecule has 2 heterocycles. The molecule has 0 amide bonds. The predicted octanol–water partition coefficient (Wildman–Crippen LogP) is 12.5. The Balaban J connectivity index is 0. The fourth-order valence-electron chi connectivity index (χ4n) is 7.09. The maximum absolute atomic E-state index is 5.61. The summed E-state index contributed by atoms with van der Waals surface area (Å²) < 4.78 is 9.64. The van der Waals surface area contributed by atoms with Crippen LogP contribution in [0.25, 0.3) is 9.96 Å². The van der Waals surface area contributed by atoms with Crippen molar-refractivity contribution in [1.82, 2.24) is 0 Å². The standard InChI is InChI=1S/C23H52N2Si2.2C4H7O.2ClH.Ti/c1-16(2)26(17(3)4,18(5)6)24-22(13)15-23(14)25-27(19(7)8,20(9)10)21(11)12;2*1-2-4-5-3-1;;;/h16-23H,15H2,1-14H3;2*3H,1-2,4H2;2*1H;/q-2;2*-1;;;+6/p-2/t22-,23-;;;;;/m1...../s1. The summed E-state index contributed by atoms with van der Waals surface area (Å²) in [5.41, 5.74) is 4.18. The summed E-state index contributed by atoms with van der Waals surface area (Å²) in [6.07, 6.45) is 5.86. The molecule has 2 aliphatic rings. The van der Waals surface area contributed by atoms with Crippen LogP contribution in [0.2, 0.25) is 33.2 Å². The summed E-state index contributed by atoms with van der Waals surface area (Å²) in [7, 11) is 6.40. The number of nitrogens with zero attached hydrogens (tertiary/aromatic N) is 2. The molecule has 0 radical (unpaired) electrons. The Kier molecular flexibility index (Phi) is 26.1. The van der Waals surface area contributed by atoms with Crippen molar-refractivity contribution in [3.8, 4) is 0 Å². The van der Waals surface area contributed by atoms with Gasteiger partial charge in [-0.25, -0.2) is 13.2 Å². The van der Waals surface area contributed by atoms with Gasteiger partial charge in [0, 0.05) is 13.2 Å². The average molecular weight is 674 g/mol. The van der Waals surface area contributed by atoms with E-state index in [4.69, 9.17) is 38.0 Å². The fourth-order valence-corrected chi connectivity index (χ4v) is 18.6. The second kappa shape index (κ2) is 23.9. The van der Waals surface area contributed by atoms with E-state index in [1.807, 2.05) is 13.2 Å². The Morgan fingerprint density at radius 3 is 0.950 bits per heavy atom. The van der Waals surface area contributed by atoms with Gasteiger partial charge in [0.15, 0.2) is 0 Å². The van der Waals surface area contributed by atoms with Gasteiger partial charge >= 0.3 is 35.6 Å². The van der Waals surface area contributed by atoms with E-state index >= 15 is 0 Å². The van der Waals surface area contributed by atoms with Crippen LogP contribution in [-0.4, -0.2) is 41.8 Å². The zero-order valence-corrected chi connectivity index (χ0v) is 33.8. The van der Waals surface area contributed by atoms with Crippen molar-refractivity contribution in [1.29, 1.82) is 0 Å². The molecule has 0 aliphatic carbocycles. The van der Waals surface area contributed by atoms with Gasteiger partial charge in [-0.05, 0) is 16.5 Å². The van der Waals surface area contributed by atoms with Crippen LogP contribution in [0.3, 0.4) is 0 Å². The van der Waals surface area contributed by atoms with Gasteiger partial charge < -0.3 is 19.4 Å². The number of ether oxygens (including phenoxy) is 2. The third-order valence-electron chi connectivity index (χ3n) is 8.52. The molecule has 0 N–H and O–H groups in total. The van der Waals surface area contributed by atoms with Gasteiger partial charge in [0.25, 0.3) is 0 Å². The van der Waals surface area contributed by atoms with Crippen molar-refractivity contribution in [2.24, 2.45) is 0 Å². The molecular formula is C31H66Cl2N2O2Si2Ti. The summed E-state index contributed by atoms with van der Waals surface area (Å²) in [5, 5.41) is 0. The molecule has 4 nitrogen and oxygen atoms in total. The van der Waals surface area contributed by atoms with Gasteiger partial charge in [-0.3, -0.25) is 0 Å². The molecule has 0 aromatic carbocycles. The number of hydrogen-bond acceptors (Lipinski definition) is 2. The SMILES string of the molecule is CC(C)[Si]([N-][C@H](C)C[C@@H](C)[N-][Si](C(C)C)(C(C)C)C(C)C)(C(C)C)C(C)C.[CH-]1CCCO1.[CH-]1CCCO1.[Cl][Ti+4][Cl]. The first-order valence-electron chi connectivity index (χ1n) is 15.8. The molecule has 40 heavy (non-hydrogen) atoms. The first kappa shape index (κ1) is 43.7. The quantitative estimate of drug-likeness (QED) is 0.153. The Morgan fingerprint density at radius 1 is 0.575 bits per heavy atom. The Labute approximate surface area is 270 Å². The van der Waals surface area contributed by atoms with E-state index in [1.165, 1.54) is 12.8 Å². The Morgan fingerprint density at radius 2 is 0.825 bits per heavy atom. The molecule has 0 bridgehead atoms. The predicted molar refractivity (Wildman–Crippen MR) is 183 cm³/mol. The van der Waals surface area contributed by atoms with Gasteiger partial charge in [-0.15, -0.1) is 12.1 Å². The van der Waals surface area contributed by atoms with E-state index in [9.17, 15) is 0 Å². The molecule has 0 aromatic heterocycles. The van der Waals surface area contributed by atoms with Gasteiger partial charge in [-0.1, -0.05) is 149 Å². The van der Waals surface area contributed by atoms with Crippen LogP contribution >= 0.6 is 18.6 Å². The zero-order chi connectivity index (χ0) is 31.5. The minimum absolute atomic E-state index is 0.417. The summed E-state index contributed by atoms with van der Waals surface area (Å²) >= 11 is -0.556. The zero-order valence-electron chi connectivity index (χ0n) is 28.7. The molecule has 2 rings (SSSR count). The molecule has 0 saturated carbocycles. The Hall–Kier alpha value is 1.57. The van der Waals surface area contributed by atoms with Crippen molar-refractivity contribution in [3.05, 3.63) is 23.2 Å². The van der Waals surface area contributed by atoms with E-state index in [0.717, 1.165) is 32.5 Å². The van der Waals surface area contributed by atoms with E-state index in [-0.39, 0.29) is 0 Å². The summed E-state index contributed by atoms with van der Waals surface area (Å²) in [4.78, 5) is 11.2. The molecule has 2 aliphatic heterocycles. The van der Waals surface area contributed by atoms with E-state index in [0.29, 0.717) is 45.3 Å². The maximum atomic E-state index is 5.61. The van der Waals surface area contributed by atoms with Crippen molar-refractivity contribution in [2.45, 2.75) is 174 Å². The normalized spacial score (nSPS) is 17.6. The second-order valence-electron chi connectivity index (χ2n) is 13.3. The molecular weight excluding hydrogens is 607 g/mol. The molecule has 0 spiro atoms. The van der Waals surface area contributed by atoms with E-state index < -0.39 is 33.5 Å². The van der Waals surface area contributed by atoms with Gasteiger partial charge in [0.1, 0.15) is 0 Å². The molecule has 2 atom stereocenters. The Bertz CT molecular complexity index is 485. The van der Waals surface area contributed by atoms with Crippen LogP contribution < -0.4 is 0 Å². The second-order valence-corrected chi connectivity index (χ2v) is 26.9. The topological polar surface area (TPSA) is 46.7 Å². The molecule has 2 saturated heterocycles. The van der Waals surface area contributed by atoms with Crippen molar-refractivity contribution < 1.29 is 26.5 Å². The van der Waals surface area contributed by atoms with Crippen LogP contribution in [0.5, 0.6) is 0 Å². The third-order valence-corrected chi connectivity index (χ3v) is 21.4. The average Bonchev–Trinajstić information content (AvgIpc) is 3.59.